The molecule has 0 N–H and O–H groups in total. The number of rotatable bonds is 3. The first-order chi connectivity index (χ1) is 6.16. The number of nitrogens with zero attached hydrogens (tertiary/aromatic N) is 2. The van der Waals surface area contributed by atoms with Crippen LogP contribution < -0.4 is 5.56 Å². The monoisotopic (exact) mass is 264 g/mol. The maximum absolute atomic E-state index is 11.5. The minimum Gasteiger partial charge on any atom is -0.298 e. The summed E-state index contributed by atoms with van der Waals surface area (Å²) in [6.07, 6.45) is 2.33. The highest BCUT2D eigenvalue weighted by atomic mass is 79.9. The van der Waals surface area contributed by atoms with Gasteiger partial charge in [0.2, 0.25) is 0 Å². The lowest BCUT2D eigenvalue weighted by molar-refractivity contribution is 0.637. The lowest BCUT2D eigenvalue weighted by Gasteiger charge is -2.04. The van der Waals surface area contributed by atoms with Crippen LogP contribution in [0.2, 0.25) is 0 Å². The molecule has 0 saturated carbocycles. The molecular formula is C8H10BrClN2O. The molecule has 1 aromatic heterocycles. The van der Waals surface area contributed by atoms with Gasteiger partial charge < -0.3 is 0 Å². The van der Waals surface area contributed by atoms with Crippen molar-refractivity contribution >= 4 is 27.5 Å². The summed E-state index contributed by atoms with van der Waals surface area (Å²) >= 11 is 8.72. The SMILES string of the molecule is Cc1ncn(CCCCl)c(=O)c1Br. The third-order valence-corrected chi connectivity index (χ3v) is 2.87. The molecule has 0 bridgehead atoms. The molecule has 13 heavy (non-hydrogen) atoms. The van der Waals surface area contributed by atoms with E-state index in [1.165, 1.54) is 0 Å². The van der Waals surface area contributed by atoms with Gasteiger partial charge in [0.05, 0.1) is 12.0 Å². The predicted molar refractivity (Wildman–Crippen MR) is 56.3 cm³/mol. The fourth-order valence-electron chi connectivity index (χ4n) is 0.936. The second-order valence-corrected chi connectivity index (χ2v) is 3.86. The van der Waals surface area contributed by atoms with Crippen molar-refractivity contribution in [2.75, 3.05) is 5.88 Å². The van der Waals surface area contributed by atoms with Gasteiger partial charge in [-0.25, -0.2) is 4.98 Å². The van der Waals surface area contributed by atoms with Crippen molar-refractivity contribution < 1.29 is 0 Å². The van der Waals surface area contributed by atoms with Crippen molar-refractivity contribution in [3.8, 4) is 0 Å². The Morgan fingerprint density at radius 2 is 2.38 bits per heavy atom. The molecule has 0 saturated heterocycles. The summed E-state index contributed by atoms with van der Waals surface area (Å²) in [6, 6.07) is 0. The third-order valence-electron chi connectivity index (χ3n) is 1.69. The van der Waals surface area contributed by atoms with E-state index in [1.54, 1.807) is 17.8 Å². The van der Waals surface area contributed by atoms with Gasteiger partial charge in [0, 0.05) is 12.4 Å². The van der Waals surface area contributed by atoms with Gasteiger partial charge in [0.25, 0.3) is 5.56 Å². The summed E-state index contributed by atoms with van der Waals surface area (Å²) in [5.41, 5.74) is 0.671. The average molecular weight is 266 g/mol. The Kier molecular flexibility index (Phi) is 3.93. The van der Waals surface area contributed by atoms with Gasteiger partial charge in [-0.15, -0.1) is 11.6 Å². The maximum Gasteiger partial charge on any atom is 0.267 e. The maximum atomic E-state index is 11.5. The average Bonchev–Trinajstić information content (AvgIpc) is 2.13. The van der Waals surface area contributed by atoms with Crippen LogP contribution in [0.25, 0.3) is 0 Å². The Labute approximate surface area is 89.9 Å². The minimum atomic E-state index is -0.0439. The first-order valence-corrected chi connectivity index (χ1v) is 5.27. The van der Waals surface area contributed by atoms with Crippen LogP contribution in [0.15, 0.2) is 15.6 Å². The van der Waals surface area contributed by atoms with Crippen molar-refractivity contribution in [1.29, 1.82) is 0 Å². The van der Waals surface area contributed by atoms with Crippen molar-refractivity contribution in [3.63, 3.8) is 0 Å². The third kappa shape index (κ3) is 2.54. The summed E-state index contributed by atoms with van der Waals surface area (Å²) in [5, 5.41) is 0. The Bertz CT molecular complexity index is 350. The van der Waals surface area contributed by atoms with Crippen LogP contribution >= 0.6 is 27.5 Å². The van der Waals surface area contributed by atoms with Gasteiger partial charge in [-0.3, -0.25) is 9.36 Å². The molecule has 1 aromatic rings. The zero-order chi connectivity index (χ0) is 9.84. The molecule has 0 amide bonds. The fraction of sp³-hybridized carbons (Fsp3) is 0.500. The summed E-state index contributed by atoms with van der Waals surface area (Å²) < 4.78 is 2.09. The number of halogens is 2. The zero-order valence-corrected chi connectivity index (χ0v) is 9.60. The molecule has 0 aliphatic rings. The van der Waals surface area contributed by atoms with E-state index in [0.29, 0.717) is 22.6 Å². The molecule has 0 spiro atoms. The van der Waals surface area contributed by atoms with Crippen LogP contribution in [0, 0.1) is 6.92 Å². The molecule has 0 aliphatic heterocycles. The molecule has 0 aliphatic carbocycles. The topological polar surface area (TPSA) is 34.9 Å². The van der Waals surface area contributed by atoms with E-state index in [9.17, 15) is 4.79 Å². The molecule has 1 rings (SSSR count). The molecule has 0 fully saturated rings. The fourth-order valence-corrected chi connectivity index (χ4v) is 1.39. The molecule has 72 valence electrons. The summed E-state index contributed by atoms with van der Waals surface area (Å²) in [6.45, 7) is 2.41. The zero-order valence-electron chi connectivity index (χ0n) is 7.26. The lowest BCUT2D eigenvalue weighted by Crippen LogP contribution is -2.22. The van der Waals surface area contributed by atoms with Gasteiger partial charge in [-0.1, -0.05) is 0 Å². The van der Waals surface area contributed by atoms with E-state index in [4.69, 9.17) is 11.6 Å². The van der Waals surface area contributed by atoms with Gasteiger partial charge in [-0.2, -0.15) is 0 Å². The Hall–Kier alpha value is -0.350. The van der Waals surface area contributed by atoms with Crippen LogP contribution in [0.3, 0.4) is 0 Å². The first kappa shape index (κ1) is 10.7. The number of aryl methyl sites for hydroxylation is 2. The van der Waals surface area contributed by atoms with Crippen LogP contribution in [0.4, 0.5) is 0 Å². The first-order valence-electron chi connectivity index (χ1n) is 3.94. The molecule has 0 aromatic carbocycles. The summed E-state index contributed by atoms with van der Waals surface area (Å²) in [7, 11) is 0. The highest BCUT2D eigenvalue weighted by Crippen LogP contribution is 2.06. The highest BCUT2D eigenvalue weighted by molar-refractivity contribution is 9.10. The Morgan fingerprint density at radius 1 is 1.69 bits per heavy atom. The molecule has 0 atom stereocenters. The predicted octanol–water partition coefficient (Wildman–Crippen LogP) is 1.94. The quantitative estimate of drug-likeness (QED) is 0.783. The number of hydrogen-bond acceptors (Lipinski definition) is 2. The van der Waals surface area contributed by atoms with E-state index in [1.807, 2.05) is 0 Å². The molecule has 0 unspecified atom stereocenters. The highest BCUT2D eigenvalue weighted by Gasteiger charge is 2.03. The van der Waals surface area contributed by atoms with Crippen LogP contribution in [-0.4, -0.2) is 15.4 Å². The Balaban J connectivity index is 2.97. The van der Waals surface area contributed by atoms with E-state index < -0.39 is 0 Å². The number of hydrogen-bond donors (Lipinski definition) is 0. The molecular weight excluding hydrogens is 255 g/mol. The van der Waals surface area contributed by atoms with Crippen molar-refractivity contribution in [3.05, 3.63) is 26.8 Å². The lowest BCUT2D eigenvalue weighted by atomic mass is 10.4. The second-order valence-electron chi connectivity index (χ2n) is 2.69. The molecule has 3 nitrogen and oxygen atoms in total. The van der Waals surface area contributed by atoms with E-state index in [-0.39, 0.29) is 5.56 Å². The molecule has 1 heterocycles. The van der Waals surface area contributed by atoms with Gasteiger partial charge in [0.15, 0.2) is 0 Å². The van der Waals surface area contributed by atoms with E-state index in [2.05, 4.69) is 20.9 Å². The number of aromatic nitrogens is 2. The second kappa shape index (κ2) is 4.77. The van der Waals surface area contributed by atoms with Crippen LogP contribution in [0.1, 0.15) is 12.1 Å². The minimum absolute atomic E-state index is 0.0439. The largest absolute Gasteiger partial charge is 0.298 e. The Morgan fingerprint density at radius 3 is 3.00 bits per heavy atom. The standard InChI is InChI=1S/C8H10BrClN2O/c1-6-7(9)8(13)12(5-11-6)4-2-3-10/h5H,2-4H2,1H3. The number of alkyl halides is 1. The summed E-state index contributed by atoms with van der Waals surface area (Å²) in [4.78, 5) is 15.6. The van der Waals surface area contributed by atoms with Gasteiger partial charge in [-0.05, 0) is 29.3 Å². The normalized spacial score (nSPS) is 10.4. The molecule has 0 radical (unpaired) electrons. The van der Waals surface area contributed by atoms with Crippen molar-refractivity contribution in [2.45, 2.75) is 19.9 Å². The van der Waals surface area contributed by atoms with Crippen molar-refractivity contribution in [2.24, 2.45) is 0 Å². The smallest absolute Gasteiger partial charge is 0.267 e. The summed E-state index contributed by atoms with van der Waals surface area (Å²) in [5.74, 6) is 0.554. The van der Waals surface area contributed by atoms with Crippen molar-refractivity contribution in [1.82, 2.24) is 9.55 Å². The van der Waals surface area contributed by atoms with Crippen LogP contribution in [0.5, 0.6) is 0 Å². The van der Waals surface area contributed by atoms with Crippen LogP contribution in [-0.2, 0) is 6.54 Å². The van der Waals surface area contributed by atoms with Gasteiger partial charge in [0.1, 0.15) is 4.47 Å². The van der Waals surface area contributed by atoms with E-state index >= 15 is 0 Å². The van der Waals surface area contributed by atoms with E-state index in [0.717, 1.165) is 6.42 Å². The van der Waals surface area contributed by atoms with Gasteiger partial charge >= 0.3 is 0 Å². The molecule has 5 heteroatoms.